The lowest BCUT2D eigenvalue weighted by molar-refractivity contribution is 0.0684. The number of aromatic carboxylic acids is 1. The second-order valence-electron chi connectivity index (χ2n) is 2.57. The Morgan fingerprint density at radius 2 is 2.27 bits per heavy atom. The van der Waals surface area contributed by atoms with E-state index in [0.29, 0.717) is 0 Å². The van der Waals surface area contributed by atoms with E-state index in [1.54, 1.807) is 0 Å². The van der Waals surface area contributed by atoms with Gasteiger partial charge in [-0.15, -0.1) is 0 Å². The molecule has 0 bridgehead atoms. The van der Waals surface area contributed by atoms with Crippen molar-refractivity contribution in [2.75, 3.05) is 5.73 Å². The SMILES string of the molecule is N#Cc1cc(C(=O)O)c(C(F)F)c(N)n1. The van der Waals surface area contributed by atoms with Gasteiger partial charge in [0, 0.05) is 0 Å². The van der Waals surface area contributed by atoms with Crippen molar-refractivity contribution in [2.24, 2.45) is 0 Å². The number of rotatable bonds is 2. The van der Waals surface area contributed by atoms with Crippen molar-refractivity contribution in [3.63, 3.8) is 0 Å². The van der Waals surface area contributed by atoms with E-state index in [9.17, 15) is 13.6 Å². The second-order valence-corrected chi connectivity index (χ2v) is 2.57. The smallest absolute Gasteiger partial charge is 0.336 e. The Kier molecular flexibility index (Phi) is 2.80. The number of nitriles is 1. The molecule has 0 saturated carbocycles. The fraction of sp³-hybridized carbons (Fsp3) is 0.125. The number of halogens is 2. The van der Waals surface area contributed by atoms with Gasteiger partial charge in [0.05, 0.1) is 11.1 Å². The fourth-order valence-electron chi connectivity index (χ4n) is 1.04. The minimum absolute atomic E-state index is 0.311. The van der Waals surface area contributed by atoms with Crippen LogP contribution >= 0.6 is 0 Å². The molecule has 0 aliphatic rings. The molecule has 1 aromatic rings. The Labute approximate surface area is 82.8 Å². The molecule has 0 aliphatic heterocycles. The van der Waals surface area contributed by atoms with E-state index >= 15 is 0 Å². The molecular weight excluding hydrogens is 208 g/mol. The van der Waals surface area contributed by atoms with Crippen LogP contribution in [0.2, 0.25) is 0 Å². The van der Waals surface area contributed by atoms with E-state index in [2.05, 4.69) is 4.98 Å². The normalized spacial score (nSPS) is 10.0. The molecule has 1 heterocycles. The molecule has 5 nitrogen and oxygen atoms in total. The molecule has 0 radical (unpaired) electrons. The van der Waals surface area contributed by atoms with Gasteiger partial charge in [0.15, 0.2) is 0 Å². The summed E-state index contributed by atoms with van der Waals surface area (Å²) >= 11 is 0. The number of carboxylic acid groups (broad SMARTS) is 1. The van der Waals surface area contributed by atoms with E-state index < -0.39 is 29.3 Å². The number of aromatic nitrogens is 1. The van der Waals surface area contributed by atoms with E-state index in [0.717, 1.165) is 6.07 Å². The highest BCUT2D eigenvalue weighted by molar-refractivity contribution is 5.91. The van der Waals surface area contributed by atoms with Crippen LogP contribution in [0.25, 0.3) is 0 Å². The maximum Gasteiger partial charge on any atom is 0.336 e. The van der Waals surface area contributed by atoms with Gasteiger partial charge >= 0.3 is 5.97 Å². The number of anilines is 1. The molecule has 3 N–H and O–H groups in total. The lowest BCUT2D eigenvalue weighted by Gasteiger charge is -2.07. The standard InChI is InChI=1S/C8H5F2N3O2/c9-6(10)5-4(8(14)15)1-3(2-11)13-7(5)12/h1,6H,(H2,12,13)(H,14,15). The van der Waals surface area contributed by atoms with E-state index in [1.807, 2.05) is 0 Å². The number of carbonyl (C=O) groups is 1. The first-order chi connectivity index (χ1) is 6.97. The minimum atomic E-state index is -3.05. The summed E-state index contributed by atoms with van der Waals surface area (Å²) in [6.07, 6.45) is -3.05. The Hall–Kier alpha value is -2.23. The van der Waals surface area contributed by atoms with Crippen LogP contribution < -0.4 is 5.73 Å². The minimum Gasteiger partial charge on any atom is -0.478 e. The maximum absolute atomic E-state index is 12.4. The summed E-state index contributed by atoms with van der Waals surface area (Å²) in [7, 11) is 0. The number of alkyl halides is 2. The predicted molar refractivity (Wildman–Crippen MR) is 45.3 cm³/mol. The Morgan fingerprint density at radius 1 is 1.67 bits per heavy atom. The number of pyridine rings is 1. The van der Waals surface area contributed by atoms with Crippen molar-refractivity contribution in [3.05, 3.63) is 22.9 Å². The van der Waals surface area contributed by atoms with Crippen LogP contribution in [0.15, 0.2) is 6.07 Å². The maximum atomic E-state index is 12.4. The van der Waals surface area contributed by atoms with Crippen molar-refractivity contribution in [3.8, 4) is 6.07 Å². The van der Waals surface area contributed by atoms with Crippen LogP contribution in [0.5, 0.6) is 0 Å². The van der Waals surface area contributed by atoms with E-state index in [-0.39, 0.29) is 5.69 Å². The highest BCUT2D eigenvalue weighted by atomic mass is 19.3. The van der Waals surface area contributed by atoms with E-state index in [4.69, 9.17) is 16.1 Å². The summed E-state index contributed by atoms with van der Waals surface area (Å²) in [5.74, 6) is -2.21. The van der Waals surface area contributed by atoms with Gasteiger partial charge in [-0.2, -0.15) is 5.26 Å². The quantitative estimate of drug-likeness (QED) is 0.767. The van der Waals surface area contributed by atoms with Crippen LogP contribution in [0.4, 0.5) is 14.6 Å². The molecule has 0 aliphatic carbocycles. The molecule has 78 valence electrons. The molecule has 15 heavy (non-hydrogen) atoms. The number of hydrogen-bond donors (Lipinski definition) is 2. The molecule has 0 amide bonds. The monoisotopic (exact) mass is 213 g/mol. The van der Waals surface area contributed by atoms with Gasteiger partial charge in [-0.3, -0.25) is 0 Å². The summed E-state index contributed by atoms with van der Waals surface area (Å²) in [5, 5.41) is 17.1. The van der Waals surface area contributed by atoms with Gasteiger partial charge in [-0.1, -0.05) is 0 Å². The first-order valence-electron chi connectivity index (χ1n) is 3.69. The third kappa shape index (κ3) is 1.99. The van der Waals surface area contributed by atoms with Crippen LogP contribution in [0.3, 0.4) is 0 Å². The summed E-state index contributed by atoms with van der Waals surface area (Å²) in [5.41, 5.74) is 3.26. The van der Waals surface area contributed by atoms with Gasteiger partial charge in [0.2, 0.25) is 0 Å². The topological polar surface area (TPSA) is 100 Å². The zero-order valence-electron chi connectivity index (χ0n) is 7.24. The summed E-state index contributed by atoms with van der Waals surface area (Å²) in [4.78, 5) is 13.9. The van der Waals surface area contributed by atoms with Gasteiger partial charge in [0.25, 0.3) is 6.43 Å². The first-order valence-corrected chi connectivity index (χ1v) is 3.69. The summed E-state index contributed by atoms with van der Waals surface area (Å²) in [6.45, 7) is 0. The zero-order valence-corrected chi connectivity index (χ0v) is 7.24. The van der Waals surface area contributed by atoms with Crippen LogP contribution in [-0.4, -0.2) is 16.1 Å². The second kappa shape index (κ2) is 3.88. The van der Waals surface area contributed by atoms with E-state index in [1.165, 1.54) is 6.07 Å². The molecule has 0 spiro atoms. The van der Waals surface area contributed by atoms with Crippen molar-refractivity contribution in [1.29, 1.82) is 5.26 Å². The Balaban J connectivity index is 3.51. The van der Waals surface area contributed by atoms with Crippen molar-refractivity contribution < 1.29 is 18.7 Å². The van der Waals surface area contributed by atoms with Crippen LogP contribution in [0.1, 0.15) is 28.0 Å². The summed E-state index contributed by atoms with van der Waals surface area (Å²) < 4.78 is 24.8. The third-order valence-corrected chi connectivity index (χ3v) is 1.65. The Morgan fingerprint density at radius 3 is 2.67 bits per heavy atom. The number of nitrogens with two attached hydrogens (primary N) is 1. The summed E-state index contributed by atoms with van der Waals surface area (Å²) in [6, 6.07) is 2.29. The fourth-order valence-corrected chi connectivity index (χ4v) is 1.04. The number of nitrogen functional groups attached to an aromatic ring is 1. The number of nitrogens with zero attached hydrogens (tertiary/aromatic N) is 2. The van der Waals surface area contributed by atoms with Crippen molar-refractivity contribution in [2.45, 2.75) is 6.43 Å². The molecule has 0 saturated heterocycles. The predicted octanol–water partition coefficient (Wildman–Crippen LogP) is 1.17. The number of carboxylic acids is 1. The number of hydrogen-bond acceptors (Lipinski definition) is 4. The Bertz CT molecular complexity index is 454. The highest BCUT2D eigenvalue weighted by Crippen LogP contribution is 2.27. The van der Waals surface area contributed by atoms with Gasteiger partial charge in [-0.05, 0) is 6.07 Å². The molecule has 0 unspecified atom stereocenters. The van der Waals surface area contributed by atoms with Gasteiger partial charge in [-0.25, -0.2) is 18.6 Å². The molecule has 1 rings (SSSR count). The van der Waals surface area contributed by atoms with Crippen molar-refractivity contribution >= 4 is 11.8 Å². The van der Waals surface area contributed by atoms with Crippen LogP contribution in [0, 0.1) is 11.3 Å². The van der Waals surface area contributed by atoms with Crippen LogP contribution in [-0.2, 0) is 0 Å². The lowest BCUT2D eigenvalue weighted by atomic mass is 10.1. The van der Waals surface area contributed by atoms with Crippen molar-refractivity contribution in [1.82, 2.24) is 4.98 Å². The molecule has 7 heteroatoms. The molecule has 0 fully saturated rings. The average Bonchev–Trinajstić information content (AvgIpc) is 2.15. The largest absolute Gasteiger partial charge is 0.478 e. The zero-order chi connectivity index (χ0) is 11.6. The molecule has 1 aromatic heterocycles. The third-order valence-electron chi connectivity index (χ3n) is 1.65. The average molecular weight is 213 g/mol. The molecular formula is C8H5F2N3O2. The lowest BCUT2D eigenvalue weighted by Crippen LogP contribution is -2.09. The van der Waals surface area contributed by atoms with Gasteiger partial charge < -0.3 is 10.8 Å². The van der Waals surface area contributed by atoms with Gasteiger partial charge in [0.1, 0.15) is 17.6 Å². The molecule has 0 atom stereocenters. The highest BCUT2D eigenvalue weighted by Gasteiger charge is 2.23. The molecule has 0 aromatic carbocycles. The first kappa shape index (κ1) is 10.8.